The summed E-state index contributed by atoms with van der Waals surface area (Å²) in [5, 5.41) is 50.1. The molecule has 0 atom stereocenters. The molecule has 6 N–H and O–H groups in total. The van der Waals surface area contributed by atoms with Crippen LogP contribution in [0.5, 0.6) is 17.2 Å². The zero-order valence-corrected chi connectivity index (χ0v) is 63.2. The number of anilines is 3. The van der Waals surface area contributed by atoms with Crippen LogP contribution in [0.3, 0.4) is 0 Å². The third-order valence-corrected chi connectivity index (χ3v) is 11.4. The number of nitrogens with zero attached hydrogens (tertiary/aromatic N) is 5. The van der Waals surface area contributed by atoms with Crippen LogP contribution in [0.1, 0.15) is 59.7 Å². The Hall–Kier alpha value is -6.94. The van der Waals surface area contributed by atoms with Crippen molar-refractivity contribution < 1.29 is 193 Å². The van der Waals surface area contributed by atoms with Gasteiger partial charge >= 0.3 is 144 Å². The zero-order chi connectivity index (χ0) is 63.5. The first-order chi connectivity index (χ1) is 41.5. The average molecular weight is 1470 g/mol. The Labute approximate surface area is 635 Å². The molecule has 0 spiro atoms. The fraction of sp³-hybridized carbons (Fsp3) is 0.159. The number of nitrogens with one attached hydrogen (secondary N) is 4. The number of H-pyrrole nitrogens is 1. The number of aromatic hydroxyl groups is 2. The molecule has 89 heavy (non-hydrogen) atoms. The second-order valence-corrected chi connectivity index (χ2v) is 19.7. The quantitative estimate of drug-likeness (QED) is 0.0241. The molecule has 6 aromatic carbocycles. The summed E-state index contributed by atoms with van der Waals surface area (Å²) in [6, 6.07) is 51.2. The number of hydrogen-bond acceptors (Lipinski definition) is 17. The summed E-state index contributed by atoms with van der Waals surface area (Å²) in [5.74, 6) is 0.797. The summed E-state index contributed by atoms with van der Waals surface area (Å²) in [4.78, 5) is 91.3. The van der Waals surface area contributed by atoms with Gasteiger partial charge < -0.3 is 47.2 Å². The Bertz CT molecular complexity index is 3940. The maximum atomic E-state index is 12.3. The van der Waals surface area contributed by atoms with Gasteiger partial charge in [0.2, 0.25) is 17.7 Å². The summed E-state index contributed by atoms with van der Waals surface area (Å²) < 4.78 is 13.0. The predicted octanol–water partition coefficient (Wildman–Crippen LogP) is 2.94. The number of hydrogen-bond donors (Lipinski definition) is 6. The Morgan fingerprint density at radius 3 is 1.30 bits per heavy atom. The van der Waals surface area contributed by atoms with Crippen molar-refractivity contribution in [2.75, 3.05) is 16.0 Å². The topological polar surface area (TPSA) is 328 Å². The van der Waals surface area contributed by atoms with Crippen LogP contribution in [0, 0.1) is 0 Å². The smallest absolute Gasteiger partial charge is 1.00 e. The van der Waals surface area contributed by atoms with E-state index in [0.717, 1.165) is 39.1 Å². The molecule has 452 valence electrons. The zero-order valence-electron chi connectivity index (χ0n) is 50.9. The Morgan fingerprint density at radius 2 is 0.944 bits per heavy atom. The van der Waals surface area contributed by atoms with Crippen LogP contribution in [-0.2, 0) is 47.8 Å². The van der Waals surface area contributed by atoms with E-state index in [-0.39, 0.29) is 205 Å². The summed E-state index contributed by atoms with van der Waals surface area (Å²) in [7, 11) is 0. The molecule has 0 aliphatic heterocycles. The van der Waals surface area contributed by atoms with E-state index in [2.05, 4.69) is 41.2 Å². The van der Waals surface area contributed by atoms with Gasteiger partial charge in [-0.3, -0.25) is 33.6 Å². The number of halogens is 1. The minimum atomic E-state index is -0.779. The van der Waals surface area contributed by atoms with Crippen molar-refractivity contribution in [2.45, 2.75) is 66.1 Å². The maximum Gasteiger partial charge on any atom is 1.00 e. The first-order valence-electron chi connectivity index (χ1n) is 26.2. The third kappa shape index (κ3) is 28.6. The first kappa shape index (κ1) is 76.3. The van der Waals surface area contributed by atoms with Crippen molar-refractivity contribution in [3.63, 3.8) is 0 Å². The van der Waals surface area contributed by atoms with Crippen molar-refractivity contribution in [1.82, 2.24) is 29.8 Å². The van der Waals surface area contributed by atoms with Gasteiger partial charge in [-0.1, -0.05) is 36.4 Å². The van der Waals surface area contributed by atoms with Crippen LogP contribution in [0.25, 0.3) is 33.8 Å². The normalized spacial score (nSPS) is 9.98. The van der Waals surface area contributed by atoms with E-state index in [0.29, 0.717) is 40.1 Å². The predicted molar refractivity (Wildman–Crippen MR) is 327 cm³/mol. The van der Waals surface area contributed by atoms with Crippen LogP contribution < -0.4 is 180 Å². The van der Waals surface area contributed by atoms with Crippen molar-refractivity contribution in [3.05, 3.63) is 230 Å². The molecule has 0 bridgehead atoms. The Kier molecular flexibility index (Phi) is 33.7. The fourth-order valence-electron chi connectivity index (χ4n) is 7.45. The first-order valence-corrected chi connectivity index (χ1v) is 26.7. The van der Waals surface area contributed by atoms with E-state index in [1.54, 1.807) is 136 Å². The van der Waals surface area contributed by atoms with E-state index < -0.39 is 11.8 Å². The van der Waals surface area contributed by atoms with Gasteiger partial charge in [0.15, 0.2) is 0 Å². The molecule has 9 rings (SSSR count). The molecule has 0 saturated carbocycles. The molecule has 3 aromatic heterocycles. The van der Waals surface area contributed by atoms with Gasteiger partial charge in [0.05, 0.1) is 30.2 Å². The minimum Gasteiger partial charge on any atom is -1.00 e. The van der Waals surface area contributed by atoms with Crippen LogP contribution in [-0.4, -0.2) is 75.9 Å². The molecular weight excluding hydrogens is 1410 g/mol. The van der Waals surface area contributed by atoms with Crippen molar-refractivity contribution >= 4 is 59.0 Å². The van der Waals surface area contributed by atoms with Gasteiger partial charge in [-0.05, 0) is 165 Å². The fourth-order valence-corrected chi connectivity index (χ4v) is 7.61. The molecular formula is C63H62ClCs2N9O14. The van der Waals surface area contributed by atoms with Crippen molar-refractivity contribution in [1.29, 1.82) is 0 Å². The standard InChI is InChI=1S/C24H25N3O5.C19H17N3O3.C10H8N2O2.C9H10ClNO.CH2O3.2Cs.H/c1-16(28)25-19-7-5-6-17(14-19)15-27-22(29)13-12-21(26-27)18-8-10-20(11-9-18)31-23(30)32-24(2,3)4;1-13(23)20-16-4-2-3-14(11-16)12-22-19(25)10-9-18(21-22)15-5-7-17(24)8-6-15;13-8-3-1-7(2-4-8)9-5-6-10(14)12-11-9;1-7(12)11-9-4-2-3-8(5-9)6-10;2-1-4-3;;;/h5-14H,15H2,1-4H3,(H,25,28);2-11,24H,12H2,1H3,(H,20,23);1-6,13H,(H,12,14);2-5H,6H2,1H3,(H,11,12);1,3H;;;/q;;;;;2*+1;-1/p-1. The molecule has 23 nitrogen and oxygen atoms in total. The molecule has 0 aliphatic carbocycles. The average Bonchev–Trinajstić information content (AvgIpc) is 2.56. The van der Waals surface area contributed by atoms with Crippen LogP contribution >= 0.6 is 11.6 Å². The molecule has 0 fully saturated rings. The second-order valence-electron chi connectivity index (χ2n) is 19.4. The number of alkyl halides is 1. The summed E-state index contributed by atoms with van der Waals surface area (Å²) >= 11 is 5.62. The number of aromatic nitrogens is 6. The molecule has 0 aliphatic rings. The molecule has 3 heterocycles. The summed E-state index contributed by atoms with van der Waals surface area (Å²) in [6.07, 6.45) is -0.779. The van der Waals surface area contributed by atoms with Crippen molar-refractivity contribution in [3.8, 4) is 51.0 Å². The second kappa shape index (κ2) is 39.2. The number of benzene rings is 6. The SMILES string of the molecule is CC(=O)Nc1cccc(CCl)c1.CC(=O)Nc1cccc(Cn2nc(-c3ccc(O)cc3)ccc2=O)c1.CC(=O)Nc1cccc(Cn2nc(-c3ccc(OC(=O)OC(C)(C)C)cc3)ccc2=O)c1.O=CO[O-].O=c1ccc(-c2ccc(O)cc2)n[nH]1.[Cs+].[Cs+].[H-]. The van der Waals surface area contributed by atoms with Gasteiger partial charge in [-0.15, -0.1) is 11.6 Å². The third-order valence-electron chi connectivity index (χ3n) is 11.1. The number of carbonyl (C=O) groups is 5. The minimum absolute atomic E-state index is 0. The van der Waals surface area contributed by atoms with E-state index in [9.17, 15) is 38.7 Å². The number of rotatable bonds is 13. The van der Waals surface area contributed by atoms with Crippen LogP contribution in [0.4, 0.5) is 21.9 Å². The van der Waals surface area contributed by atoms with E-state index >= 15 is 0 Å². The molecule has 0 saturated heterocycles. The van der Waals surface area contributed by atoms with Gasteiger partial charge in [0.25, 0.3) is 23.2 Å². The summed E-state index contributed by atoms with van der Waals surface area (Å²) in [6.45, 7) is 9.99. The largest absolute Gasteiger partial charge is 1.00 e. The molecule has 0 unspecified atom stereocenters. The van der Waals surface area contributed by atoms with E-state index in [1.807, 2.05) is 48.5 Å². The Balaban J connectivity index is 0.000000421. The van der Waals surface area contributed by atoms with Crippen molar-refractivity contribution in [2.24, 2.45) is 0 Å². The van der Waals surface area contributed by atoms with Gasteiger partial charge in [0, 0.05) is 78.6 Å². The Morgan fingerprint density at radius 1 is 0.573 bits per heavy atom. The summed E-state index contributed by atoms with van der Waals surface area (Å²) in [5.41, 5.74) is 7.76. The monoisotopic (exact) mass is 1470 g/mol. The van der Waals surface area contributed by atoms with Gasteiger partial charge in [-0.2, -0.15) is 15.3 Å². The number of phenols is 2. The maximum absolute atomic E-state index is 12.3. The molecule has 0 radical (unpaired) electrons. The number of amides is 3. The number of carbonyl (C=O) groups excluding carboxylic acids is 5. The van der Waals surface area contributed by atoms with Gasteiger partial charge in [-0.25, -0.2) is 19.3 Å². The van der Waals surface area contributed by atoms with Gasteiger partial charge in [0.1, 0.15) is 22.8 Å². The molecule has 3 amide bonds. The molecule has 9 aromatic rings. The number of aromatic amines is 1. The van der Waals surface area contributed by atoms with E-state index in [1.165, 1.54) is 48.3 Å². The number of ether oxygens (including phenoxy) is 2. The van der Waals surface area contributed by atoms with Crippen LogP contribution in [0.2, 0.25) is 0 Å². The molecule has 26 heteroatoms. The number of phenolic OH excluding ortho intramolecular Hbond substituents is 2. The van der Waals surface area contributed by atoms with E-state index in [4.69, 9.17) is 36.2 Å². The van der Waals surface area contributed by atoms with Crippen LogP contribution in [0.15, 0.2) is 196 Å².